The van der Waals surface area contributed by atoms with E-state index in [4.69, 9.17) is 5.73 Å². The molecule has 0 unspecified atom stereocenters. The van der Waals surface area contributed by atoms with E-state index in [9.17, 15) is 18.4 Å². The fraction of sp³-hybridized carbons (Fsp3) is 0.200. The highest BCUT2D eigenvalue weighted by molar-refractivity contribution is 6.13. The van der Waals surface area contributed by atoms with Gasteiger partial charge in [0, 0.05) is 5.69 Å². The van der Waals surface area contributed by atoms with Crippen molar-refractivity contribution >= 4 is 11.5 Å². The minimum atomic E-state index is -0.987. The van der Waals surface area contributed by atoms with E-state index in [-0.39, 0.29) is 11.3 Å². The second kappa shape index (κ2) is 5.47. The van der Waals surface area contributed by atoms with Crippen molar-refractivity contribution < 1.29 is 13.6 Å². The van der Waals surface area contributed by atoms with Crippen LogP contribution in [0.15, 0.2) is 23.0 Å². The molecule has 0 amide bonds. The van der Waals surface area contributed by atoms with E-state index in [2.05, 4.69) is 4.98 Å². The molecule has 1 heterocycles. The Morgan fingerprint density at radius 3 is 2.33 bits per heavy atom. The van der Waals surface area contributed by atoms with Crippen molar-refractivity contribution in [2.24, 2.45) is 0 Å². The molecular weight excluding hydrogens is 278 g/mol. The minimum Gasteiger partial charge on any atom is -0.394 e. The molecule has 0 saturated heterocycles. The molecular formula is C15H14F2N2O2. The first-order valence-corrected chi connectivity index (χ1v) is 6.38. The molecule has 0 bridgehead atoms. The highest BCUT2D eigenvalue weighted by Crippen LogP contribution is 2.23. The molecule has 0 fully saturated rings. The number of nitrogens with one attached hydrogen (secondary N) is 1. The Bertz CT molecular complexity index is 762. The molecule has 0 aliphatic rings. The van der Waals surface area contributed by atoms with Gasteiger partial charge in [-0.25, -0.2) is 8.78 Å². The predicted molar refractivity (Wildman–Crippen MR) is 75.4 cm³/mol. The second-order valence-corrected chi connectivity index (χ2v) is 4.63. The number of benzene rings is 1. The van der Waals surface area contributed by atoms with Crippen LogP contribution in [0.4, 0.5) is 14.5 Å². The van der Waals surface area contributed by atoms with Crippen LogP contribution in [0.5, 0.6) is 0 Å². The van der Waals surface area contributed by atoms with Crippen molar-refractivity contribution in [3.63, 3.8) is 0 Å². The van der Waals surface area contributed by atoms with Crippen LogP contribution in [0.3, 0.4) is 0 Å². The average molecular weight is 292 g/mol. The molecule has 1 aromatic carbocycles. The van der Waals surface area contributed by atoms with Crippen LogP contribution in [-0.2, 0) is 6.42 Å². The lowest BCUT2D eigenvalue weighted by Gasteiger charge is -2.13. The Morgan fingerprint density at radius 1 is 1.24 bits per heavy atom. The van der Waals surface area contributed by atoms with Crippen LogP contribution in [0.25, 0.3) is 0 Å². The molecule has 21 heavy (non-hydrogen) atoms. The average Bonchev–Trinajstić information content (AvgIpc) is 2.42. The summed E-state index contributed by atoms with van der Waals surface area (Å²) in [5.74, 6) is -2.90. The summed E-state index contributed by atoms with van der Waals surface area (Å²) in [4.78, 5) is 26.7. The molecule has 110 valence electrons. The minimum absolute atomic E-state index is 0.136. The molecule has 2 rings (SSSR count). The highest BCUT2D eigenvalue weighted by Gasteiger charge is 2.25. The number of hydrogen-bond acceptors (Lipinski definition) is 3. The maximum Gasteiger partial charge on any atom is 0.272 e. The predicted octanol–water partition coefficient (Wildman–Crippen LogP) is 2.34. The number of rotatable bonds is 3. The number of hydrogen-bond donors (Lipinski definition) is 2. The number of carbonyl (C=O) groups excluding carboxylic acids is 1. The molecule has 0 aliphatic carbocycles. The second-order valence-electron chi connectivity index (χ2n) is 4.63. The van der Waals surface area contributed by atoms with E-state index in [1.165, 1.54) is 0 Å². The maximum atomic E-state index is 13.8. The topological polar surface area (TPSA) is 75.9 Å². The van der Waals surface area contributed by atoms with Gasteiger partial charge < -0.3 is 10.7 Å². The Balaban J connectivity index is 2.78. The number of H-pyrrole nitrogens is 1. The van der Waals surface area contributed by atoms with Gasteiger partial charge in [-0.1, -0.05) is 13.0 Å². The number of nitrogen functional groups attached to an aromatic ring is 1. The van der Waals surface area contributed by atoms with Gasteiger partial charge in [0.2, 0.25) is 5.78 Å². The first-order valence-electron chi connectivity index (χ1n) is 6.38. The van der Waals surface area contributed by atoms with Gasteiger partial charge in [-0.15, -0.1) is 0 Å². The van der Waals surface area contributed by atoms with E-state index < -0.39 is 28.5 Å². The quantitative estimate of drug-likeness (QED) is 0.852. The molecule has 2 aromatic rings. The van der Waals surface area contributed by atoms with E-state index in [0.717, 1.165) is 18.2 Å². The lowest BCUT2D eigenvalue weighted by Crippen LogP contribution is -2.22. The number of aryl methyl sites for hydroxylation is 1. The van der Waals surface area contributed by atoms with Crippen molar-refractivity contribution in [3.8, 4) is 0 Å². The molecule has 0 saturated carbocycles. The first-order chi connectivity index (χ1) is 9.88. The van der Waals surface area contributed by atoms with Crippen LogP contribution in [-0.4, -0.2) is 10.8 Å². The zero-order valence-corrected chi connectivity index (χ0v) is 11.6. The normalized spacial score (nSPS) is 10.7. The number of aromatic nitrogens is 1. The fourth-order valence-corrected chi connectivity index (χ4v) is 2.32. The van der Waals surface area contributed by atoms with E-state index in [0.29, 0.717) is 17.7 Å². The summed E-state index contributed by atoms with van der Waals surface area (Å²) in [7, 11) is 0. The fourth-order valence-electron chi connectivity index (χ4n) is 2.32. The van der Waals surface area contributed by atoms with Gasteiger partial charge in [0.05, 0.1) is 11.1 Å². The van der Waals surface area contributed by atoms with Gasteiger partial charge in [0.25, 0.3) is 5.56 Å². The summed E-state index contributed by atoms with van der Waals surface area (Å²) in [6, 6.07) is 3.13. The van der Waals surface area contributed by atoms with Gasteiger partial charge in [-0.2, -0.15) is 0 Å². The molecule has 0 spiro atoms. The molecule has 1 aromatic heterocycles. The van der Waals surface area contributed by atoms with Gasteiger partial charge >= 0.3 is 0 Å². The molecule has 0 aliphatic heterocycles. The number of nitrogens with two attached hydrogens (primary N) is 1. The van der Waals surface area contributed by atoms with E-state index in [1.54, 1.807) is 13.8 Å². The Kier molecular flexibility index (Phi) is 3.88. The summed E-state index contributed by atoms with van der Waals surface area (Å²) in [6.07, 6.45) is 0.393. The Hall–Kier alpha value is -2.50. The monoisotopic (exact) mass is 292 g/mol. The van der Waals surface area contributed by atoms with Crippen molar-refractivity contribution in [2.45, 2.75) is 20.3 Å². The number of aromatic amines is 1. The van der Waals surface area contributed by atoms with Crippen molar-refractivity contribution in [1.29, 1.82) is 0 Å². The third-order valence-corrected chi connectivity index (χ3v) is 3.34. The number of halogens is 2. The first kappa shape index (κ1) is 14.9. The summed E-state index contributed by atoms with van der Waals surface area (Å²) in [5.41, 5.74) is 4.77. The van der Waals surface area contributed by atoms with Gasteiger partial charge in [-0.3, -0.25) is 9.59 Å². The molecule has 0 radical (unpaired) electrons. The van der Waals surface area contributed by atoms with E-state index >= 15 is 0 Å². The van der Waals surface area contributed by atoms with Crippen molar-refractivity contribution in [1.82, 2.24) is 4.98 Å². The van der Waals surface area contributed by atoms with Crippen LogP contribution in [0, 0.1) is 18.6 Å². The van der Waals surface area contributed by atoms with Gasteiger partial charge in [0.1, 0.15) is 17.3 Å². The van der Waals surface area contributed by atoms with Gasteiger partial charge in [-0.05, 0) is 31.0 Å². The third kappa shape index (κ3) is 2.44. The number of carbonyl (C=O) groups is 1. The van der Waals surface area contributed by atoms with E-state index in [1.807, 2.05) is 0 Å². The molecule has 0 atom stereocenters. The largest absolute Gasteiger partial charge is 0.394 e. The van der Waals surface area contributed by atoms with Crippen molar-refractivity contribution in [2.75, 3.05) is 5.73 Å². The summed E-state index contributed by atoms with van der Waals surface area (Å²) in [5, 5.41) is 0. The number of pyridine rings is 1. The maximum absolute atomic E-state index is 13.8. The van der Waals surface area contributed by atoms with Crippen LogP contribution >= 0.6 is 0 Å². The lowest BCUT2D eigenvalue weighted by molar-refractivity contribution is 0.103. The zero-order chi connectivity index (χ0) is 15.7. The SMILES string of the molecule is CCc1c(C)[nH]c(=O)c(N)c1C(=O)c1c(F)cccc1F. The number of anilines is 1. The summed E-state index contributed by atoms with van der Waals surface area (Å²) in [6.45, 7) is 3.36. The smallest absolute Gasteiger partial charge is 0.272 e. The number of ketones is 1. The molecule has 6 heteroatoms. The zero-order valence-electron chi connectivity index (χ0n) is 11.6. The van der Waals surface area contributed by atoms with Crippen molar-refractivity contribution in [3.05, 3.63) is 62.6 Å². The van der Waals surface area contributed by atoms with Crippen LogP contribution < -0.4 is 11.3 Å². The molecule has 4 nitrogen and oxygen atoms in total. The summed E-state index contributed by atoms with van der Waals surface area (Å²) < 4.78 is 27.5. The highest BCUT2D eigenvalue weighted by atomic mass is 19.1. The summed E-state index contributed by atoms with van der Waals surface area (Å²) >= 11 is 0. The Morgan fingerprint density at radius 2 is 1.81 bits per heavy atom. The van der Waals surface area contributed by atoms with Gasteiger partial charge in [0.15, 0.2) is 0 Å². The lowest BCUT2D eigenvalue weighted by atomic mass is 9.94. The Labute approximate surface area is 119 Å². The third-order valence-electron chi connectivity index (χ3n) is 3.34. The molecule has 3 N–H and O–H groups in total. The van der Waals surface area contributed by atoms with Crippen LogP contribution in [0.2, 0.25) is 0 Å². The standard InChI is InChI=1S/C15H14F2N2O2/c1-3-8-7(2)19-15(21)13(18)11(8)14(20)12-9(16)5-4-6-10(12)17/h4-6H,3,18H2,1-2H3,(H,19,21). The van der Waals surface area contributed by atoms with Crippen LogP contribution in [0.1, 0.15) is 34.1 Å².